The monoisotopic (exact) mass is 463 g/mol. The minimum Gasteiger partial charge on any atom is -0.320 e. The highest BCUT2D eigenvalue weighted by atomic mass is 35.5. The third kappa shape index (κ3) is 4.64. The van der Waals surface area contributed by atoms with E-state index in [-0.39, 0.29) is 22.8 Å². The minimum atomic E-state index is -1.07. The van der Waals surface area contributed by atoms with Gasteiger partial charge in [0.25, 0.3) is 5.91 Å². The summed E-state index contributed by atoms with van der Waals surface area (Å²) in [5.74, 6) is -2.67. The number of benzene rings is 2. The molecule has 1 atom stereocenters. The van der Waals surface area contributed by atoms with Crippen molar-refractivity contribution in [3.63, 3.8) is 0 Å². The van der Waals surface area contributed by atoms with Crippen LogP contribution in [0.15, 0.2) is 42.5 Å². The van der Waals surface area contributed by atoms with Crippen LogP contribution in [0.5, 0.6) is 0 Å². The summed E-state index contributed by atoms with van der Waals surface area (Å²) in [6.07, 6.45) is 1.45. The van der Waals surface area contributed by atoms with Crippen molar-refractivity contribution in [1.29, 1.82) is 0 Å². The number of carbonyl (C=O) groups is 2. The van der Waals surface area contributed by atoms with E-state index in [0.29, 0.717) is 28.7 Å². The van der Waals surface area contributed by atoms with Gasteiger partial charge in [0.2, 0.25) is 5.01 Å². The Kier molecular flexibility index (Phi) is 6.10. The highest BCUT2D eigenvalue weighted by molar-refractivity contribution is 7.13. The molecule has 0 bridgehead atoms. The maximum Gasteiger partial charge on any atom is 0.322 e. The first-order chi connectivity index (χ1) is 14.9. The summed E-state index contributed by atoms with van der Waals surface area (Å²) in [4.78, 5) is 26.8. The molecular formula is C20H16ClF2N5O2S. The molecule has 0 aliphatic carbocycles. The lowest BCUT2D eigenvalue weighted by molar-refractivity contribution is 0.102. The molecule has 1 fully saturated rings. The third-order valence-electron chi connectivity index (χ3n) is 4.73. The summed E-state index contributed by atoms with van der Waals surface area (Å²) < 4.78 is 26.4. The van der Waals surface area contributed by atoms with Gasteiger partial charge in [-0.1, -0.05) is 35.1 Å². The van der Waals surface area contributed by atoms with E-state index in [1.165, 1.54) is 6.07 Å². The van der Waals surface area contributed by atoms with Gasteiger partial charge in [-0.2, -0.15) is 0 Å². The zero-order chi connectivity index (χ0) is 22.0. The maximum atomic E-state index is 13.3. The number of amides is 3. The second-order valence-corrected chi connectivity index (χ2v) is 8.21. The van der Waals surface area contributed by atoms with Gasteiger partial charge in [0.1, 0.15) is 5.01 Å². The zero-order valence-corrected chi connectivity index (χ0v) is 17.5. The summed E-state index contributed by atoms with van der Waals surface area (Å²) in [5, 5.41) is 14.2. The number of anilines is 2. The summed E-state index contributed by atoms with van der Waals surface area (Å²) in [6.45, 7) is 0.525. The molecule has 3 aromatic rings. The second kappa shape index (κ2) is 8.94. The lowest BCUT2D eigenvalue weighted by Crippen LogP contribution is -2.34. The lowest BCUT2D eigenvalue weighted by Gasteiger charge is -2.23. The highest BCUT2D eigenvalue weighted by Gasteiger charge is 2.33. The Bertz CT molecular complexity index is 1140. The van der Waals surface area contributed by atoms with Gasteiger partial charge in [-0.05, 0) is 37.1 Å². The number of aromatic nitrogens is 2. The first-order valence-electron chi connectivity index (χ1n) is 9.34. The van der Waals surface area contributed by atoms with E-state index >= 15 is 0 Å². The van der Waals surface area contributed by atoms with Gasteiger partial charge < -0.3 is 15.5 Å². The molecule has 0 saturated carbocycles. The first-order valence-corrected chi connectivity index (χ1v) is 10.5. The van der Waals surface area contributed by atoms with Crippen molar-refractivity contribution in [2.24, 2.45) is 0 Å². The number of halogens is 3. The fraction of sp³-hybridized carbons (Fsp3) is 0.200. The molecule has 1 saturated heterocycles. The third-order valence-corrected chi connectivity index (χ3v) is 6.08. The molecule has 0 spiro atoms. The number of hydrogen-bond acceptors (Lipinski definition) is 5. The van der Waals surface area contributed by atoms with Gasteiger partial charge >= 0.3 is 6.03 Å². The number of nitrogens with one attached hydrogen (secondary N) is 2. The van der Waals surface area contributed by atoms with Crippen molar-refractivity contribution in [3.05, 3.63) is 69.1 Å². The molecule has 1 aliphatic rings. The number of nitrogens with zero attached hydrogens (tertiary/aromatic N) is 3. The fourth-order valence-corrected chi connectivity index (χ4v) is 4.30. The number of carbonyl (C=O) groups excluding carboxylic acids is 2. The van der Waals surface area contributed by atoms with E-state index < -0.39 is 17.5 Å². The Labute approximate surface area is 185 Å². The molecule has 4 rings (SSSR count). The van der Waals surface area contributed by atoms with Crippen molar-refractivity contribution in [2.45, 2.75) is 18.9 Å². The van der Waals surface area contributed by atoms with Crippen molar-refractivity contribution < 1.29 is 18.4 Å². The number of hydrogen-bond donors (Lipinski definition) is 2. The Balaban J connectivity index is 1.45. The van der Waals surface area contributed by atoms with Gasteiger partial charge in [-0.25, -0.2) is 13.6 Å². The van der Waals surface area contributed by atoms with Gasteiger partial charge in [0, 0.05) is 18.3 Å². The molecule has 11 heteroatoms. The summed E-state index contributed by atoms with van der Waals surface area (Å²) >= 11 is 7.15. The van der Waals surface area contributed by atoms with Gasteiger partial charge in [-0.3, -0.25) is 4.79 Å². The van der Waals surface area contributed by atoms with Crippen LogP contribution in [0.2, 0.25) is 5.02 Å². The standard InChI is InChI=1S/C20H16ClF2N5O2S/c21-12-4-1-2-5-15(12)25-20(30)28-9-3-6-16(28)18-26-27-19(31-18)17(29)24-11-7-8-13(22)14(23)10-11/h1-2,4-5,7-8,10,16H,3,6,9H2,(H,24,29)(H,25,30)/t16-/m0/s1. The fourth-order valence-electron chi connectivity index (χ4n) is 3.24. The highest BCUT2D eigenvalue weighted by Crippen LogP contribution is 2.34. The normalized spacial score (nSPS) is 15.7. The van der Waals surface area contributed by atoms with Crippen LogP contribution >= 0.6 is 22.9 Å². The molecule has 2 N–H and O–H groups in total. The Morgan fingerprint density at radius 1 is 1.10 bits per heavy atom. The van der Waals surface area contributed by atoms with Crippen molar-refractivity contribution in [1.82, 2.24) is 15.1 Å². The quantitative estimate of drug-likeness (QED) is 0.564. The largest absolute Gasteiger partial charge is 0.322 e. The van der Waals surface area contributed by atoms with Gasteiger partial charge in [-0.15, -0.1) is 10.2 Å². The summed E-state index contributed by atoms with van der Waals surface area (Å²) in [5.41, 5.74) is 0.603. The van der Waals surface area contributed by atoms with Crippen molar-refractivity contribution >= 4 is 46.3 Å². The topological polar surface area (TPSA) is 87.2 Å². The van der Waals surface area contributed by atoms with E-state index in [9.17, 15) is 18.4 Å². The maximum absolute atomic E-state index is 13.3. The van der Waals surface area contributed by atoms with E-state index in [2.05, 4.69) is 20.8 Å². The molecule has 0 radical (unpaired) electrons. The Morgan fingerprint density at radius 2 is 1.90 bits per heavy atom. The second-order valence-electron chi connectivity index (χ2n) is 6.79. The number of para-hydroxylation sites is 1. The van der Waals surface area contributed by atoms with E-state index in [1.807, 2.05) is 0 Å². The van der Waals surface area contributed by atoms with Crippen LogP contribution in [0.4, 0.5) is 25.0 Å². The predicted molar refractivity (Wildman–Crippen MR) is 113 cm³/mol. The van der Waals surface area contributed by atoms with Crippen molar-refractivity contribution in [2.75, 3.05) is 17.2 Å². The molecule has 160 valence electrons. The van der Waals surface area contributed by atoms with Crippen LogP contribution in [-0.2, 0) is 0 Å². The predicted octanol–water partition coefficient (Wildman–Crippen LogP) is 5.09. The number of urea groups is 1. The van der Waals surface area contributed by atoms with Crippen LogP contribution in [-0.4, -0.2) is 33.6 Å². The molecule has 1 aromatic heterocycles. The Hall–Kier alpha value is -3.11. The smallest absolute Gasteiger partial charge is 0.320 e. The van der Waals surface area contributed by atoms with Gasteiger partial charge in [0.05, 0.1) is 16.8 Å². The van der Waals surface area contributed by atoms with E-state index in [1.54, 1.807) is 29.2 Å². The number of likely N-dealkylation sites (tertiary alicyclic amines) is 1. The molecule has 1 aliphatic heterocycles. The molecule has 3 amide bonds. The lowest BCUT2D eigenvalue weighted by atomic mass is 10.2. The van der Waals surface area contributed by atoms with Crippen LogP contribution in [0.3, 0.4) is 0 Å². The molecule has 7 nitrogen and oxygen atoms in total. The SMILES string of the molecule is O=C(Nc1ccc(F)c(F)c1)c1nnc([C@@H]2CCCN2C(=O)Nc2ccccc2Cl)s1. The molecule has 2 heterocycles. The average Bonchev–Trinajstić information content (AvgIpc) is 3.42. The van der Waals surface area contributed by atoms with Crippen LogP contribution in [0.25, 0.3) is 0 Å². The summed E-state index contributed by atoms with van der Waals surface area (Å²) in [6, 6.07) is 9.32. The van der Waals surface area contributed by atoms with Crippen LogP contribution in [0, 0.1) is 11.6 Å². The van der Waals surface area contributed by atoms with E-state index in [0.717, 1.165) is 29.9 Å². The molecule has 0 unspecified atom stereocenters. The van der Waals surface area contributed by atoms with E-state index in [4.69, 9.17) is 11.6 Å². The number of rotatable bonds is 4. The molecule has 2 aromatic carbocycles. The van der Waals surface area contributed by atoms with Crippen molar-refractivity contribution in [3.8, 4) is 0 Å². The Morgan fingerprint density at radius 3 is 2.68 bits per heavy atom. The zero-order valence-electron chi connectivity index (χ0n) is 15.9. The average molecular weight is 464 g/mol. The molecule has 31 heavy (non-hydrogen) atoms. The van der Waals surface area contributed by atoms with Gasteiger partial charge in [0.15, 0.2) is 11.6 Å². The molecular weight excluding hydrogens is 448 g/mol. The summed E-state index contributed by atoms with van der Waals surface area (Å²) in [7, 11) is 0. The first kappa shape index (κ1) is 21.1. The van der Waals surface area contributed by atoms with Crippen LogP contribution < -0.4 is 10.6 Å². The van der Waals surface area contributed by atoms with Crippen LogP contribution in [0.1, 0.15) is 33.7 Å². The minimum absolute atomic E-state index is 0.0538.